The first-order valence-corrected chi connectivity index (χ1v) is 10.3. The van der Waals surface area contributed by atoms with Crippen LogP contribution in [-0.2, 0) is 16.1 Å². The van der Waals surface area contributed by atoms with Crippen LogP contribution in [0.5, 0.6) is 0 Å². The lowest BCUT2D eigenvalue weighted by atomic mass is 9.98. The fourth-order valence-electron chi connectivity index (χ4n) is 3.45. The molecule has 0 saturated carbocycles. The largest absolute Gasteiger partial charge is 0.461 e. The van der Waals surface area contributed by atoms with E-state index in [0.29, 0.717) is 28.9 Å². The summed E-state index contributed by atoms with van der Waals surface area (Å²) in [6.45, 7) is 11.3. The summed E-state index contributed by atoms with van der Waals surface area (Å²) < 4.78 is 5.07. The van der Waals surface area contributed by atoms with Gasteiger partial charge >= 0.3 is 5.97 Å². The Hall–Kier alpha value is -2.96. The SMILES string of the molecule is CCOC(=O)c1[nH]c(C)c(C(=O)C(C)N(Cc2ccccn2)C(=O)CC(C)C)c1C. The molecular weight excluding hydrogens is 382 g/mol. The molecule has 0 bridgehead atoms. The number of ether oxygens (including phenoxy) is 1. The van der Waals surface area contributed by atoms with Gasteiger partial charge < -0.3 is 14.6 Å². The highest BCUT2D eigenvalue weighted by molar-refractivity contribution is 6.06. The van der Waals surface area contributed by atoms with Gasteiger partial charge in [-0.05, 0) is 51.3 Å². The van der Waals surface area contributed by atoms with Crippen LogP contribution in [0.1, 0.15) is 71.9 Å². The molecule has 0 aliphatic rings. The zero-order valence-corrected chi connectivity index (χ0v) is 18.6. The van der Waals surface area contributed by atoms with Crippen LogP contribution in [0.2, 0.25) is 0 Å². The third-order valence-electron chi connectivity index (χ3n) is 4.97. The molecule has 2 aromatic rings. The van der Waals surface area contributed by atoms with E-state index in [0.717, 1.165) is 0 Å². The Kier molecular flexibility index (Phi) is 7.92. The number of ketones is 1. The van der Waals surface area contributed by atoms with E-state index in [2.05, 4.69) is 9.97 Å². The van der Waals surface area contributed by atoms with Crippen LogP contribution in [-0.4, -0.2) is 45.2 Å². The zero-order valence-electron chi connectivity index (χ0n) is 18.6. The van der Waals surface area contributed by atoms with Gasteiger partial charge in [0.15, 0.2) is 5.78 Å². The highest BCUT2D eigenvalue weighted by atomic mass is 16.5. The number of hydrogen-bond donors (Lipinski definition) is 1. The number of amides is 1. The number of aromatic nitrogens is 2. The molecule has 1 atom stereocenters. The normalized spacial score (nSPS) is 12.0. The fourth-order valence-corrected chi connectivity index (χ4v) is 3.45. The van der Waals surface area contributed by atoms with E-state index in [1.54, 1.807) is 38.8 Å². The average Bonchev–Trinajstić information content (AvgIpc) is 2.99. The van der Waals surface area contributed by atoms with Gasteiger partial charge in [-0.15, -0.1) is 0 Å². The molecule has 0 fully saturated rings. The van der Waals surface area contributed by atoms with E-state index in [4.69, 9.17) is 4.74 Å². The van der Waals surface area contributed by atoms with Crippen molar-refractivity contribution >= 4 is 17.7 Å². The summed E-state index contributed by atoms with van der Waals surface area (Å²) in [4.78, 5) is 47.4. The van der Waals surface area contributed by atoms with Gasteiger partial charge in [-0.1, -0.05) is 19.9 Å². The Morgan fingerprint density at radius 2 is 1.87 bits per heavy atom. The van der Waals surface area contributed by atoms with Crippen LogP contribution in [0.3, 0.4) is 0 Å². The van der Waals surface area contributed by atoms with Crippen molar-refractivity contribution in [2.24, 2.45) is 5.92 Å². The van der Waals surface area contributed by atoms with Crippen molar-refractivity contribution in [3.63, 3.8) is 0 Å². The molecule has 7 nitrogen and oxygen atoms in total. The van der Waals surface area contributed by atoms with Gasteiger partial charge in [0, 0.05) is 23.9 Å². The maximum absolute atomic E-state index is 13.4. The fraction of sp³-hybridized carbons (Fsp3) is 0.478. The zero-order chi connectivity index (χ0) is 22.4. The van der Waals surface area contributed by atoms with Crippen molar-refractivity contribution in [2.45, 2.75) is 60.5 Å². The molecule has 0 spiro atoms. The summed E-state index contributed by atoms with van der Waals surface area (Å²) in [5.74, 6) is -0.652. The van der Waals surface area contributed by atoms with Crippen LogP contribution in [0, 0.1) is 19.8 Å². The first-order valence-electron chi connectivity index (χ1n) is 10.3. The number of esters is 1. The van der Waals surface area contributed by atoms with Gasteiger partial charge in [0.2, 0.25) is 5.91 Å². The van der Waals surface area contributed by atoms with E-state index in [9.17, 15) is 14.4 Å². The van der Waals surface area contributed by atoms with Crippen LogP contribution in [0.15, 0.2) is 24.4 Å². The molecule has 0 saturated heterocycles. The number of nitrogens with one attached hydrogen (secondary N) is 1. The summed E-state index contributed by atoms with van der Waals surface area (Å²) in [7, 11) is 0. The first kappa shape index (κ1) is 23.3. The molecule has 0 aliphatic carbocycles. The number of carbonyl (C=O) groups is 3. The van der Waals surface area contributed by atoms with Gasteiger partial charge in [0.25, 0.3) is 0 Å². The number of pyridine rings is 1. The summed E-state index contributed by atoms with van der Waals surface area (Å²) in [6, 6.07) is 4.79. The van der Waals surface area contributed by atoms with Crippen molar-refractivity contribution < 1.29 is 19.1 Å². The van der Waals surface area contributed by atoms with Crippen LogP contribution < -0.4 is 0 Å². The van der Waals surface area contributed by atoms with E-state index in [1.807, 2.05) is 32.0 Å². The molecule has 1 unspecified atom stereocenters. The molecule has 1 N–H and O–H groups in total. The van der Waals surface area contributed by atoms with E-state index >= 15 is 0 Å². The molecule has 1 amide bonds. The van der Waals surface area contributed by atoms with Crippen LogP contribution in [0.25, 0.3) is 0 Å². The second-order valence-electron chi connectivity index (χ2n) is 7.83. The Morgan fingerprint density at radius 3 is 2.43 bits per heavy atom. The lowest BCUT2D eigenvalue weighted by Gasteiger charge is -2.29. The smallest absolute Gasteiger partial charge is 0.355 e. The highest BCUT2D eigenvalue weighted by Gasteiger charge is 2.31. The van der Waals surface area contributed by atoms with Gasteiger partial charge in [0.05, 0.1) is 24.9 Å². The third-order valence-corrected chi connectivity index (χ3v) is 4.97. The second-order valence-corrected chi connectivity index (χ2v) is 7.83. The number of rotatable bonds is 9. The Balaban J connectivity index is 2.37. The number of hydrogen-bond acceptors (Lipinski definition) is 5. The van der Waals surface area contributed by atoms with Gasteiger partial charge in [-0.2, -0.15) is 0 Å². The minimum atomic E-state index is -0.707. The van der Waals surface area contributed by atoms with Crippen molar-refractivity contribution in [1.29, 1.82) is 0 Å². The molecule has 0 aromatic carbocycles. The molecule has 162 valence electrons. The average molecular weight is 414 g/mol. The molecular formula is C23H31N3O4. The van der Waals surface area contributed by atoms with E-state index in [1.165, 1.54) is 0 Å². The summed E-state index contributed by atoms with van der Waals surface area (Å²) in [5.41, 5.74) is 2.53. The monoisotopic (exact) mass is 413 g/mol. The standard InChI is InChI=1S/C23H31N3O4/c1-7-30-23(29)21-15(4)20(16(5)25-21)22(28)17(6)26(19(27)12-14(2)3)13-18-10-8-9-11-24-18/h8-11,14,17,25H,7,12-13H2,1-6H3. The van der Waals surface area contributed by atoms with Gasteiger partial charge in [0.1, 0.15) is 5.69 Å². The van der Waals surface area contributed by atoms with Gasteiger partial charge in [-0.25, -0.2) is 4.79 Å². The molecule has 0 aliphatic heterocycles. The maximum Gasteiger partial charge on any atom is 0.355 e. The Labute approximate surface area is 177 Å². The van der Waals surface area contributed by atoms with Crippen molar-refractivity contribution in [3.05, 3.63) is 52.6 Å². The predicted octanol–water partition coefficient (Wildman–Crippen LogP) is 3.85. The van der Waals surface area contributed by atoms with Crippen LogP contribution in [0.4, 0.5) is 0 Å². The molecule has 2 aromatic heterocycles. The van der Waals surface area contributed by atoms with Crippen molar-refractivity contribution in [2.75, 3.05) is 6.61 Å². The number of Topliss-reactive ketones (excluding diaryl/α,β-unsaturated/α-hetero) is 1. The number of aryl methyl sites for hydroxylation is 1. The molecule has 7 heteroatoms. The molecule has 0 radical (unpaired) electrons. The quantitative estimate of drug-likeness (QED) is 0.498. The summed E-state index contributed by atoms with van der Waals surface area (Å²) in [6.07, 6.45) is 2.00. The molecule has 2 heterocycles. The minimum Gasteiger partial charge on any atom is -0.461 e. The van der Waals surface area contributed by atoms with E-state index in [-0.39, 0.29) is 36.5 Å². The second kappa shape index (κ2) is 10.2. The summed E-state index contributed by atoms with van der Waals surface area (Å²) >= 11 is 0. The molecule has 2 rings (SSSR count). The van der Waals surface area contributed by atoms with Crippen LogP contribution >= 0.6 is 0 Å². The third kappa shape index (κ3) is 5.34. The number of nitrogens with zero attached hydrogens (tertiary/aromatic N) is 2. The maximum atomic E-state index is 13.4. The van der Waals surface area contributed by atoms with Gasteiger partial charge in [-0.3, -0.25) is 14.6 Å². The topological polar surface area (TPSA) is 92.4 Å². The first-order chi connectivity index (χ1) is 14.2. The number of carbonyl (C=O) groups excluding carboxylic acids is 3. The van der Waals surface area contributed by atoms with Crippen molar-refractivity contribution in [3.8, 4) is 0 Å². The predicted molar refractivity (Wildman–Crippen MR) is 114 cm³/mol. The molecule has 30 heavy (non-hydrogen) atoms. The lowest BCUT2D eigenvalue weighted by Crippen LogP contribution is -2.43. The van der Waals surface area contributed by atoms with E-state index < -0.39 is 12.0 Å². The Morgan fingerprint density at radius 1 is 1.17 bits per heavy atom. The minimum absolute atomic E-state index is 0.104. The number of aromatic amines is 1. The lowest BCUT2D eigenvalue weighted by molar-refractivity contribution is -0.134. The summed E-state index contributed by atoms with van der Waals surface area (Å²) in [5, 5.41) is 0. The highest BCUT2D eigenvalue weighted by Crippen LogP contribution is 2.23. The van der Waals surface area contributed by atoms with Crippen molar-refractivity contribution in [1.82, 2.24) is 14.9 Å². The Bertz CT molecular complexity index is 903. The number of H-pyrrole nitrogens is 1.